The fourth-order valence-electron chi connectivity index (χ4n) is 1.40. The van der Waals surface area contributed by atoms with Gasteiger partial charge in [-0.3, -0.25) is 4.79 Å². The second-order valence-corrected chi connectivity index (χ2v) is 4.38. The zero-order valence-electron chi connectivity index (χ0n) is 10.5. The molecule has 0 atom stereocenters. The molecular weight excluding hydrogens is 304 g/mol. The third kappa shape index (κ3) is 4.40. The molecule has 7 heteroatoms. The molecule has 0 radical (unpaired) electrons. The predicted octanol–water partition coefficient (Wildman–Crippen LogP) is 1.30. The Morgan fingerprint density at radius 1 is 1.44 bits per heavy atom. The van der Waals surface area contributed by atoms with E-state index in [0.717, 1.165) is 0 Å². The zero-order chi connectivity index (χ0) is 13.4. The zero-order valence-corrected chi connectivity index (χ0v) is 12.1. The largest absolute Gasteiger partial charge is 0.383 e. The van der Waals surface area contributed by atoms with Crippen molar-refractivity contribution in [2.75, 3.05) is 39.2 Å². The van der Waals surface area contributed by atoms with Gasteiger partial charge in [0, 0.05) is 38.7 Å². The highest BCUT2D eigenvalue weighted by molar-refractivity contribution is 9.09. The van der Waals surface area contributed by atoms with Crippen molar-refractivity contribution in [1.82, 2.24) is 10.1 Å². The summed E-state index contributed by atoms with van der Waals surface area (Å²) in [6.45, 7) is 1.90. The molecule has 0 unspecified atom stereocenters. The Balaban J connectivity index is 2.67. The van der Waals surface area contributed by atoms with Crippen LogP contribution in [0.25, 0.3) is 0 Å². The van der Waals surface area contributed by atoms with Gasteiger partial charge in [-0.2, -0.15) is 0 Å². The van der Waals surface area contributed by atoms with Crippen LogP contribution in [-0.2, 0) is 16.1 Å². The third-order valence-electron chi connectivity index (χ3n) is 2.27. The van der Waals surface area contributed by atoms with E-state index < -0.39 is 0 Å². The number of carbonyl (C=O) groups is 1. The number of methoxy groups -OCH3 is 2. The monoisotopic (exact) mass is 320 g/mol. The Hall–Kier alpha value is -0.920. The maximum atomic E-state index is 12.1. The highest BCUT2D eigenvalue weighted by atomic mass is 79.9. The molecular formula is C11H17BrN2O4. The molecule has 0 fully saturated rings. The molecule has 0 bridgehead atoms. The minimum Gasteiger partial charge on any atom is -0.383 e. The van der Waals surface area contributed by atoms with Gasteiger partial charge in [0.05, 0.1) is 6.61 Å². The van der Waals surface area contributed by atoms with Crippen LogP contribution in [0.4, 0.5) is 0 Å². The number of amides is 1. The maximum absolute atomic E-state index is 12.1. The lowest BCUT2D eigenvalue weighted by molar-refractivity contribution is 0.0698. The summed E-state index contributed by atoms with van der Waals surface area (Å²) in [4.78, 5) is 13.8. The lowest BCUT2D eigenvalue weighted by Crippen LogP contribution is -2.35. The number of halogens is 1. The van der Waals surface area contributed by atoms with Crippen LogP contribution in [-0.4, -0.2) is 55.2 Å². The van der Waals surface area contributed by atoms with Crippen molar-refractivity contribution in [3.63, 3.8) is 0 Å². The quantitative estimate of drug-likeness (QED) is 0.676. The average molecular weight is 321 g/mol. The predicted molar refractivity (Wildman–Crippen MR) is 68.8 cm³/mol. The van der Waals surface area contributed by atoms with E-state index in [-0.39, 0.29) is 5.91 Å². The van der Waals surface area contributed by atoms with E-state index in [1.165, 1.54) is 0 Å². The minimum atomic E-state index is -0.169. The summed E-state index contributed by atoms with van der Waals surface area (Å²) in [7, 11) is 3.16. The summed E-state index contributed by atoms with van der Waals surface area (Å²) >= 11 is 3.31. The first kappa shape index (κ1) is 15.1. The molecule has 0 saturated carbocycles. The van der Waals surface area contributed by atoms with Crippen molar-refractivity contribution in [3.05, 3.63) is 17.5 Å². The van der Waals surface area contributed by atoms with Crippen molar-refractivity contribution in [2.24, 2.45) is 0 Å². The van der Waals surface area contributed by atoms with Gasteiger partial charge < -0.3 is 18.9 Å². The van der Waals surface area contributed by atoms with Crippen LogP contribution in [0.5, 0.6) is 0 Å². The number of alkyl halides is 1. The Morgan fingerprint density at radius 3 is 2.83 bits per heavy atom. The lowest BCUT2D eigenvalue weighted by atomic mass is 10.3. The molecule has 0 N–H and O–H groups in total. The van der Waals surface area contributed by atoms with Crippen LogP contribution < -0.4 is 0 Å². The molecule has 18 heavy (non-hydrogen) atoms. The average Bonchev–Trinajstić information content (AvgIpc) is 2.83. The molecule has 102 valence electrons. The van der Waals surface area contributed by atoms with Gasteiger partial charge in [0.1, 0.15) is 6.61 Å². The third-order valence-corrected chi connectivity index (χ3v) is 2.63. The number of rotatable bonds is 8. The Bertz CT molecular complexity index is 370. The van der Waals surface area contributed by atoms with E-state index in [1.54, 1.807) is 25.2 Å². The second-order valence-electron chi connectivity index (χ2n) is 3.59. The van der Waals surface area contributed by atoms with Gasteiger partial charge in [-0.25, -0.2) is 0 Å². The smallest absolute Gasteiger partial charge is 0.276 e. The van der Waals surface area contributed by atoms with Crippen LogP contribution in [0.1, 0.15) is 16.2 Å². The van der Waals surface area contributed by atoms with Crippen LogP contribution in [0.2, 0.25) is 0 Å². The fraction of sp³-hybridized carbons (Fsp3) is 0.636. The highest BCUT2D eigenvalue weighted by Gasteiger charge is 2.19. The van der Waals surface area contributed by atoms with Gasteiger partial charge in [0.15, 0.2) is 11.5 Å². The van der Waals surface area contributed by atoms with E-state index in [1.807, 2.05) is 0 Å². The molecule has 1 aromatic rings. The van der Waals surface area contributed by atoms with Gasteiger partial charge in [0.25, 0.3) is 5.91 Å². The molecule has 1 rings (SSSR count). The minimum absolute atomic E-state index is 0.169. The summed E-state index contributed by atoms with van der Waals surface area (Å²) in [5.41, 5.74) is 0.291. The highest BCUT2D eigenvalue weighted by Crippen LogP contribution is 2.08. The molecule has 0 aliphatic rings. The first-order valence-electron chi connectivity index (χ1n) is 5.51. The van der Waals surface area contributed by atoms with Gasteiger partial charge in [0.2, 0.25) is 0 Å². The standard InChI is InChI=1S/C11H17BrN2O4/c1-16-6-5-14(4-3-12)11(15)10-7-9(8-17-2)18-13-10/h7H,3-6,8H2,1-2H3. The summed E-state index contributed by atoms with van der Waals surface area (Å²) < 4.78 is 14.9. The molecule has 1 heterocycles. The number of ether oxygens (including phenoxy) is 2. The van der Waals surface area contributed by atoms with Crippen molar-refractivity contribution >= 4 is 21.8 Å². The SMILES string of the molecule is COCCN(CCBr)C(=O)c1cc(COC)on1. The first-order valence-corrected chi connectivity index (χ1v) is 6.63. The summed E-state index contributed by atoms with van der Waals surface area (Å²) in [5.74, 6) is 0.365. The Morgan fingerprint density at radius 2 is 2.22 bits per heavy atom. The van der Waals surface area contributed by atoms with Crippen molar-refractivity contribution in [1.29, 1.82) is 0 Å². The number of nitrogens with zero attached hydrogens (tertiary/aromatic N) is 2. The van der Waals surface area contributed by atoms with Crippen molar-refractivity contribution in [3.8, 4) is 0 Å². The number of aromatic nitrogens is 1. The van der Waals surface area contributed by atoms with Crippen LogP contribution in [0.3, 0.4) is 0 Å². The molecule has 0 aliphatic heterocycles. The van der Waals surface area contributed by atoms with E-state index in [2.05, 4.69) is 21.1 Å². The molecule has 0 saturated heterocycles. The Kier molecular flexibility index (Phi) is 6.92. The normalized spacial score (nSPS) is 10.6. The van der Waals surface area contributed by atoms with E-state index in [9.17, 15) is 4.79 Å². The Labute approximate surface area is 114 Å². The van der Waals surface area contributed by atoms with Crippen LogP contribution in [0.15, 0.2) is 10.6 Å². The fourth-order valence-corrected chi connectivity index (χ4v) is 1.83. The van der Waals surface area contributed by atoms with Gasteiger partial charge >= 0.3 is 0 Å². The molecule has 0 aromatic carbocycles. The van der Waals surface area contributed by atoms with Gasteiger partial charge in [-0.15, -0.1) is 0 Å². The van der Waals surface area contributed by atoms with Gasteiger partial charge in [-0.05, 0) is 0 Å². The number of carbonyl (C=O) groups excluding carboxylic acids is 1. The van der Waals surface area contributed by atoms with Crippen LogP contribution in [0, 0.1) is 0 Å². The lowest BCUT2D eigenvalue weighted by Gasteiger charge is -2.19. The van der Waals surface area contributed by atoms with E-state index >= 15 is 0 Å². The summed E-state index contributed by atoms with van der Waals surface area (Å²) in [6, 6.07) is 1.60. The first-order chi connectivity index (χ1) is 8.72. The topological polar surface area (TPSA) is 64.8 Å². The molecule has 0 aliphatic carbocycles. The molecule has 6 nitrogen and oxygen atoms in total. The van der Waals surface area contributed by atoms with E-state index in [0.29, 0.717) is 43.1 Å². The second kappa shape index (κ2) is 8.23. The van der Waals surface area contributed by atoms with E-state index in [4.69, 9.17) is 14.0 Å². The molecule has 0 spiro atoms. The maximum Gasteiger partial charge on any atom is 0.276 e. The van der Waals surface area contributed by atoms with Crippen molar-refractivity contribution < 1.29 is 18.8 Å². The van der Waals surface area contributed by atoms with Gasteiger partial charge in [-0.1, -0.05) is 21.1 Å². The summed E-state index contributed by atoms with van der Waals surface area (Å²) in [5, 5.41) is 4.44. The van der Waals surface area contributed by atoms with Crippen LogP contribution >= 0.6 is 15.9 Å². The number of hydrogen-bond acceptors (Lipinski definition) is 5. The van der Waals surface area contributed by atoms with Crippen molar-refractivity contribution in [2.45, 2.75) is 6.61 Å². The molecule has 1 amide bonds. The number of hydrogen-bond donors (Lipinski definition) is 0. The molecule has 1 aromatic heterocycles. The summed E-state index contributed by atoms with van der Waals surface area (Å²) in [6.07, 6.45) is 0.